The van der Waals surface area contributed by atoms with Gasteiger partial charge in [-0.15, -0.1) is 11.3 Å². The summed E-state index contributed by atoms with van der Waals surface area (Å²) in [7, 11) is 0. The lowest BCUT2D eigenvalue weighted by Gasteiger charge is -2.19. The minimum atomic E-state index is 1.23. The molecule has 0 unspecified atom stereocenters. The molecule has 0 aliphatic heterocycles. The van der Waals surface area contributed by atoms with Crippen LogP contribution in [-0.2, 0) is 0 Å². The van der Waals surface area contributed by atoms with Gasteiger partial charge in [0.15, 0.2) is 0 Å². The van der Waals surface area contributed by atoms with E-state index in [1.54, 1.807) is 0 Å². The average molecular weight is 613 g/mol. The standard InChI is InChI=1S/C46H28S/c1-2-11-33-30(10-1)24-26-35-34(33)17-9-18-37(35)46-40-15-5-3-13-38(40)45(39-14-4-6-16-41(39)46)31-22-20-29(21-23-31)32-25-27-44-42(28-32)36-12-7-8-19-43(36)47-44/h1-28H. The molecule has 0 amide bonds. The van der Waals surface area contributed by atoms with Crippen molar-refractivity contribution in [1.29, 1.82) is 0 Å². The molecule has 0 saturated heterocycles. The Kier molecular flexibility index (Phi) is 5.85. The summed E-state index contributed by atoms with van der Waals surface area (Å²) in [5.41, 5.74) is 7.59. The minimum Gasteiger partial charge on any atom is -0.135 e. The maximum Gasteiger partial charge on any atom is 0.0355 e. The summed E-state index contributed by atoms with van der Waals surface area (Å²) in [6.45, 7) is 0. The maximum atomic E-state index is 2.36. The van der Waals surface area contributed by atoms with E-state index in [1.165, 1.54) is 96.6 Å². The van der Waals surface area contributed by atoms with Crippen molar-refractivity contribution in [3.05, 3.63) is 170 Å². The number of benzene rings is 9. The Morgan fingerprint density at radius 3 is 1.57 bits per heavy atom. The molecule has 1 heterocycles. The van der Waals surface area contributed by atoms with Crippen molar-refractivity contribution in [3.63, 3.8) is 0 Å². The third-order valence-electron chi connectivity index (χ3n) is 9.87. The van der Waals surface area contributed by atoms with E-state index in [9.17, 15) is 0 Å². The molecule has 1 heteroatoms. The second kappa shape index (κ2) is 10.4. The lowest BCUT2D eigenvalue weighted by atomic mass is 9.84. The first kappa shape index (κ1) is 26.5. The molecule has 9 aromatic carbocycles. The Morgan fingerprint density at radius 1 is 0.277 bits per heavy atom. The van der Waals surface area contributed by atoms with Crippen LogP contribution >= 0.6 is 11.3 Å². The Morgan fingerprint density at radius 2 is 0.830 bits per heavy atom. The van der Waals surface area contributed by atoms with Crippen LogP contribution in [0.3, 0.4) is 0 Å². The van der Waals surface area contributed by atoms with E-state index in [4.69, 9.17) is 0 Å². The van der Waals surface area contributed by atoms with E-state index in [2.05, 4.69) is 170 Å². The molecule has 0 saturated carbocycles. The monoisotopic (exact) mass is 612 g/mol. The molecular weight excluding hydrogens is 585 g/mol. The van der Waals surface area contributed by atoms with Crippen LogP contribution < -0.4 is 0 Å². The van der Waals surface area contributed by atoms with E-state index >= 15 is 0 Å². The number of hydrogen-bond acceptors (Lipinski definition) is 1. The predicted octanol–water partition coefficient (Wildman–Crippen LogP) is 13.7. The van der Waals surface area contributed by atoms with E-state index in [0.29, 0.717) is 0 Å². The Bertz CT molecular complexity index is 2780. The highest BCUT2D eigenvalue weighted by molar-refractivity contribution is 7.25. The molecule has 1 aromatic heterocycles. The minimum absolute atomic E-state index is 1.23. The number of thiophene rings is 1. The van der Waals surface area contributed by atoms with E-state index < -0.39 is 0 Å². The average Bonchev–Trinajstić information content (AvgIpc) is 3.52. The first-order chi connectivity index (χ1) is 23.3. The SMILES string of the molecule is c1ccc2c(c1)ccc1c(-c3c4ccccc4c(-c4ccc(-c5ccc6sc7ccccc7c6c5)cc4)c4ccccc34)cccc12. The molecule has 0 aliphatic carbocycles. The lowest BCUT2D eigenvalue weighted by Crippen LogP contribution is -1.92. The Labute approximate surface area is 276 Å². The highest BCUT2D eigenvalue weighted by atomic mass is 32.1. The van der Waals surface area contributed by atoms with Crippen molar-refractivity contribution >= 4 is 74.6 Å². The van der Waals surface area contributed by atoms with Gasteiger partial charge in [0.1, 0.15) is 0 Å². The van der Waals surface area contributed by atoms with Crippen LogP contribution in [-0.4, -0.2) is 0 Å². The molecule has 10 aromatic rings. The van der Waals surface area contributed by atoms with Crippen LogP contribution in [0.5, 0.6) is 0 Å². The number of hydrogen-bond donors (Lipinski definition) is 0. The van der Waals surface area contributed by atoms with Crippen molar-refractivity contribution in [2.45, 2.75) is 0 Å². The van der Waals surface area contributed by atoms with Gasteiger partial charge in [-0.2, -0.15) is 0 Å². The quantitative estimate of drug-likeness (QED) is 0.138. The molecule has 0 aliphatic rings. The van der Waals surface area contributed by atoms with Crippen LogP contribution in [0.15, 0.2) is 170 Å². The zero-order valence-corrected chi connectivity index (χ0v) is 26.4. The predicted molar refractivity (Wildman–Crippen MR) is 206 cm³/mol. The van der Waals surface area contributed by atoms with E-state index in [-0.39, 0.29) is 0 Å². The topological polar surface area (TPSA) is 0 Å². The zero-order chi connectivity index (χ0) is 30.9. The van der Waals surface area contributed by atoms with Crippen LogP contribution in [0.1, 0.15) is 0 Å². The van der Waals surface area contributed by atoms with Crippen molar-refractivity contribution in [2.24, 2.45) is 0 Å². The van der Waals surface area contributed by atoms with Crippen molar-refractivity contribution < 1.29 is 0 Å². The van der Waals surface area contributed by atoms with Crippen molar-refractivity contribution in [2.75, 3.05) is 0 Å². The van der Waals surface area contributed by atoms with Gasteiger partial charge in [0.05, 0.1) is 0 Å². The first-order valence-electron chi connectivity index (χ1n) is 16.2. The summed E-state index contributed by atoms with van der Waals surface area (Å²) in [4.78, 5) is 0. The normalized spacial score (nSPS) is 11.8. The summed E-state index contributed by atoms with van der Waals surface area (Å²) in [5, 5.41) is 12.9. The molecule has 47 heavy (non-hydrogen) atoms. The summed E-state index contributed by atoms with van der Waals surface area (Å²) >= 11 is 1.87. The molecule has 0 spiro atoms. The fraction of sp³-hybridized carbons (Fsp3) is 0. The largest absolute Gasteiger partial charge is 0.135 e. The van der Waals surface area contributed by atoms with Crippen LogP contribution in [0.4, 0.5) is 0 Å². The summed E-state index contributed by atoms with van der Waals surface area (Å²) in [6, 6.07) is 62.8. The molecule has 0 atom stereocenters. The fourth-order valence-corrected chi connectivity index (χ4v) is 8.81. The third kappa shape index (κ3) is 4.07. The molecular formula is C46H28S. The second-order valence-electron chi connectivity index (χ2n) is 12.4. The van der Waals surface area contributed by atoms with Gasteiger partial charge >= 0.3 is 0 Å². The molecule has 0 fully saturated rings. The molecule has 10 rings (SSSR count). The van der Waals surface area contributed by atoms with E-state index in [0.717, 1.165) is 0 Å². The third-order valence-corrected chi connectivity index (χ3v) is 11.0. The van der Waals surface area contributed by atoms with Crippen LogP contribution in [0.25, 0.3) is 96.6 Å². The number of fused-ring (bicyclic) bond motifs is 8. The lowest BCUT2D eigenvalue weighted by molar-refractivity contribution is 1.64. The smallest absolute Gasteiger partial charge is 0.0355 e. The van der Waals surface area contributed by atoms with Gasteiger partial charge in [0, 0.05) is 20.2 Å². The van der Waals surface area contributed by atoms with Gasteiger partial charge in [0.2, 0.25) is 0 Å². The van der Waals surface area contributed by atoms with Gasteiger partial charge in [-0.05, 0) is 94.7 Å². The Balaban J connectivity index is 1.18. The van der Waals surface area contributed by atoms with Crippen molar-refractivity contribution in [1.82, 2.24) is 0 Å². The molecule has 0 N–H and O–H groups in total. The summed E-state index contributed by atoms with van der Waals surface area (Å²) in [6.07, 6.45) is 0. The Hall–Kier alpha value is -5.76. The molecule has 0 bridgehead atoms. The van der Waals surface area contributed by atoms with Gasteiger partial charge in [0.25, 0.3) is 0 Å². The van der Waals surface area contributed by atoms with Gasteiger partial charge < -0.3 is 0 Å². The van der Waals surface area contributed by atoms with Crippen LogP contribution in [0.2, 0.25) is 0 Å². The highest BCUT2D eigenvalue weighted by Crippen LogP contribution is 2.46. The molecule has 0 nitrogen and oxygen atoms in total. The van der Waals surface area contributed by atoms with Gasteiger partial charge in [-0.3, -0.25) is 0 Å². The first-order valence-corrected chi connectivity index (χ1v) is 17.0. The number of rotatable bonds is 3. The molecule has 218 valence electrons. The molecule has 0 radical (unpaired) electrons. The van der Waals surface area contributed by atoms with Gasteiger partial charge in [-0.25, -0.2) is 0 Å². The highest BCUT2D eigenvalue weighted by Gasteiger charge is 2.18. The summed E-state index contributed by atoms with van der Waals surface area (Å²) in [5.74, 6) is 0. The van der Waals surface area contributed by atoms with E-state index in [1.807, 2.05) is 11.3 Å². The van der Waals surface area contributed by atoms with Crippen molar-refractivity contribution in [3.8, 4) is 33.4 Å². The maximum absolute atomic E-state index is 2.36. The fourth-order valence-electron chi connectivity index (χ4n) is 7.72. The van der Waals surface area contributed by atoms with Gasteiger partial charge in [-0.1, -0.05) is 152 Å². The van der Waals surface area contributed by atoms with Crippen LogP contribution in [0, 0.1) is 0 Å². The zero-order valence-electron chi connectivity index (χ0n) is 25.6. The second-order valence-corrected chi connectivity index (χ2v) is 13.5. The summed E-state index contributed by atoms with van der Waals surface area (Å²) < 4.78 is 2.68.